The third-order valence-corrected chi connectivity index (χ3v) is 7.87. The average Bonchev–Trinajstić information content (AvgIpc) is 3.54. The van der Waals surface area contributed by atoms with Crippen LogP contribution in [0.3, 0.4) is 0 Å². The van der Waals surface area contributed by atoms with Crippen LogP contribution in [0, 0.1) is 19.9 Å². The van der Waals surface area contributed by atoms with Crippen molar-refractivity contribution in [2.75, 3.05) is 0 Å². The van der Waals surface area contributed by atoms with Gasteiger partial charge in [-0.25, -0.2) is 12.1 Å². The zero-order valence-corrected chi connectivity index (χ0v) is 29.3. The van der Waals surface area contributed by atoms with Gasteiger partial charge in [-0.1, -0.05) is 95.3 Å². The number of hydrogen-bond donors (Lipinski definition) is 0. The second-order valence-electron chi connectivity index (χ2n) is 11.4. The van der Waals surface area contributed by atoms with Crippen LogP contribution in [-0.2, 0) is 45.5 Å². The Bertz CT molecular complexity index is 1320. The monoisotopic (exact) mass is 648 g/mol. The van der Waals surface area contributed by atoms with Crippen LogP contribution in [0.4, 0.5) is 0 Å². The normalized spacial score (nSPS) is 11.0. The van der Waals surface area contributed by atoms with Gasteiger partial charge in [-0.2, -0.15) is 35.9 Å². The number of benzene rings is 3. The molecule has 0 nitrogen and oxygen atoms in total. The molecule has 0 amide bonds. The third kappa shape index (κ3) is 8.50. The minimum absolute atomic E-state index is 0. The van der Waals surface area contributed by atoms with E-state index in [2.05, 4.69) is 90.9 Å². The van der Waals surface area contributed by atoms with Gasteiger partial charge in [0.15, 0.2) is 0 Å². The van der Waals surface area contributed by atoms with Crippen LogP contribution in [0.5, 0.6) is 0 Å². The number of fused-ring (bicyclic) bond motifs is 3. The Balaban J connectivity index is 0.000000904. The van der Waals surface area contributed by atoms with Crippen LogP contribution < -0.4 is 24.8 Å². The van der Waals surface area contributed by atoms with Crippen molar-refractivity contribution in [3.8, 4) is 11.1 Å². The van der Waals surface area contributed by atoms with Crippen molar-refractivity contribution >= 4 is 0 Å². The standard InChI is InChI=1S/C32H39.C5H5.2ClH.Zr/c1-8-9-10-24-16-27-17-26-15-22(6)11-12-30(26)32(27)19-25(24)18-31-23(7)28(20(2)3)13-14-29(31)21(4)5;1-2-4-5-3-1;;;/h11-15,19-21H,8-10,17-18H2,1-7H3;1-5H;2*1H;/q2*-1;;;+4/p-2. The molecular formula is C37H44Cl2Zr. The van der Waals surface area contributed by atoms with Gasteiger partial charge in [0.25, 0.3) is 0 Å². The zero-order chi connectivity index (χ0) is 26.5. The van der Waals surface area contributed by atoms with Gasteiger partial charge in [-0.15, -0.1) is 16.7 Å². The molecule has 4 aromatic rings. The number of hydrogen-bond acceptors (Lipinski definition) is 0. The molecule has 1 aliphatic carbocycles. The van der Waals surface area contributed by atoms with Gasteiger partial charge < -0.3 is 24.8 Å². The summed E-state index contributed by atoms with van der Waals surface area (Å²) >= 11 is 0. The Morgan fingerprint density at radius 2 is 1.50 bits per heavy atom. The van der Waals surface area contributed by atoms with Crippen LogP contribution in [-0.4, -0.2) is 0 Å². The largest absolute Gasteiger partial charge is 4.00 e. The van der Waals surface area contributed by atoms with Gasteiger partial charge in [0, 0.05) is 0 Å². The van der Waals surface area contributed by atoms with Crippen molar-refractivity contribution < 1.29 is 51.0 Å². The maximum Gasteiger partial charge on any atom is 4.00 e. The third-order valence-electron chi connectivity index (χ3n) is 7.87. The van der Waals surface area contributed by atoms with Crippen LogP contribution in [0.25, 0.3) is 11.1 Å². The summed E-state index contributed by atoms with van der Waals surface area (Å²) in [7, 11) is 0. The van der Waals surface area contributed by atoms with Crippen molar-refractivity contribution in [1.82, 2.24) is 0 Å². The molecule has 0 saturated carbocycles. The summed E-state index contributed by atoms with van der Waals surface area (Å²) in [4.78, 5) is 0. The van der Waals surface area contributed by atoms with Crippen molar-refractivity contribution in [2.45, 2.75) is 92.4 Å². The molecule has 0 unspecified atom stereocenters. The fourth-order valence-electron chi connectivity index (χ4n) is 5.82. The fourth-order valence-corrected chi connectivity index (χ4v) is 5.82. The smallest absolute Gasteiger partial charge is 1.00 e. The SMILES string of the molecule is CCCCc1[c-]c2c(cc1Cc1c(C(C)C)ccc(C(C)C)c1C)-c1ccc(C)cc1C2.[Cl-].[Cl-].[Zr+4].c1cc[cH-]c1. The Hall–Kier alpha value is -1.53. The van der Waals surface area contributed by atoms with Crippen molar-refractivity contribution in [3.63, 3.8) is 0 Å². The molecule has 0 atom stereocenters. The summed E-state index contributed by atoms with van der Waals surface area (Å²) in [6.07, 6.45) is 5.64. The van der Waals surface area contributed by atoms with Gasteiger partial charge in [0.2, 0.25) is 0 Å². The summed E-state index contributed by atoms with van der Waals surface area (Å²) in [5, 5.41) is 0. The first kappa shape index (κ1) is 36.5. The Morgan fingerprint density at radius 1 is 0.850 bits per heavy atom. The van der Waals surface area contributed by atoms with E-state index in [1.807, 2.05) is 30.3 Å². The summed E-state index contributed by atoms with van der Waals surface area (Å²) in [6, 6.07) is 28.1. The molecule has 0 fully saturated rings. The van der Waals surface area contributed by atoms with E-state index in [-0.39, 0.29) is 51.0 Å². The molecule has 5 rings (SSSR count). The topological polar surface area (TPSA) is 0 Å². The molecule has 0 heterocycles. The predicted molar refractivity (Wildman–Crippen MR) is 161 cm³/mol. The van der Waals surface area contributed by atoms with Crippen LogP contribution >= 0.6 is 0 Å². The average molecular weight is 651 g/mol. The van der Waals surface area contributed by atoms with Gasteiger partial charge in [-0.05, 0) is 66.3 Å². The number of aryl methyl sites for hydroxylation is 2. The number of rotatable bonds is 7. The molecular weight excluding hydrogens is 607 g/mol. The Kier molecular flexibility index (Phi) is 15.3. The molecule has 40 heavy (non-hydrogen) atoms. The Morgan fingerprint density at radius 3 is 2.08 bits per heavy atom. The number of halogens is 2. The van der Waals surface area contributed by atoms with E-state index in [1.54, 1.807) is 5.56 Å². The van der Waals surface area contributed by atoms with Crippen LogP contribution in [0.15, 0.2) is 66.7 Å². The molecule has 0 spiro atoms. The van der Waals surface area contributed by atoms with Crippen molar-refractivity contribution in [1.29, 1.82) is 0 Å². The molecule has 0 saturated heterocycles. The first-order chi connectivity index (χ1) is 17.8. The summed E-state index contributed by atoms with van der Waals surface area (Å²) in [5.41, 5.74) is 16.0. The predicted octanol–water partition coefficient (Wildman–Crippen LogP) is 4.27. The van der Waals surface area contributed by atoms with E-state index < -0.39 is 0 Å². The quantitative estimate of drug-likeness (QED) is 0.231. The maximum atomic E-state index is 3.92. The minimum Gasteiger partial charge on any atom is -1.00 e. The van der Waals surface area contributed by atoms with Gasteiger partial charge >= 0.3 is 26.2 Å². The molecule has 0 N–H and O–H groups in total. The van der Waals surface area contributed by atoms with Gasteiger partial charge in [0.1, 0.15) is 0 Å². The van der Waals surface area contributed by atoms with Crippen LogP contribution in [0.1, 0.15) is 109 Å². The van der Waals surface area contributed by atoms with E-state index in [0.29, 0.717) is 11.8 Å². The molecule has 0 aromatic heterocycles. The first-order valence-corrected chi connectivity index (χ1v) is 14.3. The molecule has 0 radical (unpaired) electrons. The maximum absolute atomic E-state index is 3.92. The summed E-state index contributed by atoms with van der Waals surface area (Å²) < 4.78 is 0. The zero-order valence-electron chi connectivity index (χ0n) is 25.3. The van der Waals surface area contributed by atoms with Crippen LogP contribution in [0.2, 0.25) is 0 Å². The van der Waals surface area contributed by atoms with Crippen molar-refractivity contribution in [3.05, 3.63) is 123 Å². The summed E-state index contributed by atoms with van der Waals surface area (Å²) in [5.74, 6) is 1.09. The Labute approximate surface area is 275 Å². The molecule has 3 heteroatoms. The van der Waals surface area contributed by atoms with E-state index in [4.69, 9.17) is 0 Å². The van der Waals surface area contributed by atoms with E-state index in [0.717, 1.165) is 19.3 Å². The second-order valence-corrected chi connectivity index (χ2v) is 11.4. The van der Waals surface area contributed by atoms with Gasteiger partial charge in [-0.3, -0.25) is 0 Å². The second kappa shape index (κ2) is 16.8. The van der Waals surface area contributed by atoms with Crippen molar-refractivity contribution in [2.24, 2.45) is 0 Å². The van der Waals surface area contributed by atoms with E-state index in [1.165, 1.54) is 68.5 Å². The van der Waals surface area contributed by atoms with Gasteiger partial charge in [0.05, 0.1) is 0 Å². The summed E-state index contributed by atoms with van der Waals surface area (Å²) in [6.45, 7) is 16.1. The van der Waals surface area contributed by atoms with E-state index in [9.17, 15) is 0 Å². The number of unbranched alkanes of at least 4 members (excludes halogenated alkanes) is 1. The molecule has 1 aliphatic rings. The minimum atomic E-state index is 0. The molecule has 210 valence electrons. The fraction of sp³-hybridized carbons (Fsp3) is 0.378. The molecule has 0 aliphatic heterocycles. The molecule has 4 aromatic carbocycles. The molecule has 0 bridgehead atoms. The first-order valence-electron chi connectivity index (χ1n) is 14.3. The van der Waals surface area contributed by atoms with E-state index >= 15 is 0 Å².